The number of rotatable bonds is 3. The van der Waals surface area contributed by atoms with Gasteiger partial charge in [0, 0.05) is 7.05 Å². The van der Waals surface area contributed by atoms with Crippen LogP contribution in [0.3, 0.4) is 0 Å². The van der Waals surface area contributed by atoms with Crippen LogP contribution >= 0.6 is 0 Å². The third-order valence-corrected chi connectivity index (χ3v) is 0.951. The van der Waals surface area contributed by atoms with Gasteiger partial charge in [-0.3, -0.25) is 0 Å². The fourth-order valence-corrected chi connectivity index (χ4v) is 0.403. The fraction of sp³-hybridized carbons (Fsp3) is 1.00. The normalized spacial score (nSPS) is 18.0. The van der Waals surface area contributed by atoms with Gasteiger partial charge in [0.1, 0.15) is 12.5 Å². The molecule has 4 heteroatoms. The fourth-order valence-electron chi connectivity index (χ4n) is 0.403. The van der Waals surface area contributed by atoms with Gasteiger partial charge in [0.05, 0.1) is 0 Å². The van der Waals surface area contributed by atoms with E-state index in [1.165, 1.54) is 5.01 Å². The maximum atomic E-state index is 8.82. The quantitative estimate of drug-likeness (QED) is 0.346. The Hall–Kier alpha value is -0.160. The number of nitrogens with zero attached hydrogens (tertiary/aromatic N) is 1. The Labute approximate surface area is 55.1 Å². The van der Waals surface area contributed by atoms with Crippen molar-refractivity contribution in [3.05, 3.63) is 0 Å². The third-order valence-electron chi connectivity index (χ3n) is 0.951. The number of nitrogens with one attached hydrogen (secondary N) is 1. The van der Waals surface area contributed by atoms with Gasteiger partial charge in [-0.1, -0.05) is 0 Å². The van der Waals surface area contributed by atoms with E-state index in [0.29, 0.717) is 0 Å². The zero-order chi connectivity index (χ0) is 7.44. The Morgan fingerprint density at radius 2 is 1.78 bits per heavy atom. The SMILES string of the molecule is CC(O)NN(C)C(C)O. The molecule has 3 N–H and O–H groups in total. The van der Waals surface area contributed by atoms with E-state index in [9.17, 15) is 0 Å². The van der Waals surface area contributed by atoms with E-state index in [1.807, 2.05) is 0 Å². The molecule has 56 valence electrons. The van der Waals surface area contributed by atoms with E-state index in [4.69, 9.17) is 10.2 Å². The summed E-state index contributed by atoms with van der Waals surface area (Å²) in [7, 11) is 1.65. The minimum Gasteiger partial charge on any atom is -0.378 e. The molecule has 0 aliphatic rings. The van der Waals surface area contributed by atoms with Crippen molar-refractivity contribution in [2.45, 2.75) is 26.3 Å². The van der Waals surface area contributed by atoms with Crippen LogP contribution < -0.4 is 5.43 Å². The Bertz CT molecular complexity index is 75.4. The van der Waals surface area contributed by atoms with Crippen molar-refractivity contribution in [2.24, 2.45) is 0 Å². The highest BCUT2D eigenvalue weighted by Gasteiger charge is 2.04. The highest BCUT2D eigenvalue weighted by Crippen LogP contribution is 1.84. The Kier molecular flexibility index (Phi) is 3.72. The van der Waals surface area contributed by atoms with Crippen LogP contribution in [0, 0.1) is 0 Å². The Balaban J connectivity index is 3.38. The van der Waals surface area contributed by atoms with Crippen molar-refractivity contribution in [1.29, 1.82) is 0 Å². The van der Waals surface area contributed by atoms with Crippen LogP contribution in [0.4, 0.5) is 0 Å². The first-order valence-corrected chi connectivity index (χ1v) is 2.89. The van der Waals surface area contributed by atoms with Crippen LogP contribution in [0.15, 0.2) is 0 Å². The molecule has 0 saturated heterocycles. The molecule has 0 spiro atoms. The summed E-state index contributed by atoms with van der Waals surface area (Å²) in [6.45, 7) is 3.19. The average Bonchev–Trinajstić information content (AvgIpc) is 1.63. The first kappa shape index (κ1) is 8.84. The lowest BCUT2D eigenvalue weighted by molar-refractivity contribution is -0.0431. The predicted octanol–water partition coefficient (Wildman–Crippen LogP) is -0.901. The first-order valence-electron chi connectivity index (χ1n) is 2.89. The molecule has 0 aliphatic heterocycles. The summed E-state index contributed by atoms with van der Waals surface area (Å²) in [5.74, 6) is 0. The van der Waals surface area contributed by atoms with Gasteiger partial charge in [0.2, 0.25) is 0 Å². The number of hydrogen-bond acceptors (Lipinski definition) is 4. The molecule has 0 bridgehead atoms. The highest BCUT2D eigenvalue weighted by molar-refractivity contribution is 4.43. The number of aliphatic hydroxyl groups is 2. The molecular weight excluding hydrogens is 120 g/mol. The third kappa shape index (κ3) is 4.35. The van der Waals surface area contributed by atoms with Crippen LogP contribution in [-0.4, -0.2) is 34.7 Å². The van der Waals surface area contributed by atoms with Gasteiger partial charge >= 0.3 is 0 Å². The lowest BCUT2D eigenvalue weighted by Gasteiger charge is -2.22. The largest absolute Gasteiger partial charge is 0.378 e. The van der Waals surface area contributed by atoms with E-state index < -0.39 is 12.5 Å². The molecule has 4 nitrogen and oxygen atoms in total. The van der Waals surface area contributed by atoms with Crippen molar-refractivity contribution in [1.82, 2.24) is 10.4 Å². The van der Waals surface area contributed by atoms with Gasteiger partial charge in [0.25, 0.3) is 0 Å². The first-order chi connectivity index (χ1) is 4.04. The number of hydrazine groups is 1. The lowest BCUT2D eigenvalue weighted by atomic mass is 10.6. The van der Waals surface area contributed by atoms with Gasteiger partial charge in [-0.2, -0.15) is 0 Å². The molecular formula is C5H14N2O2. The maximum absolute atomic E-state index is 8.82. The van der Waals surface area contributed by atoms with Gasteiger partial charge in [-0.15, -0.1) is 0 Å². The summed E-state index contributed by atoms with van der Waals surface area (Å²) in [5.41, 5.74) is 2.58. The monoisotopic (exact) mass is 134 g/mol. The van der Waals surface area contributed by atoms with E-state index >= 15 is 0 Å². The zero-order valence-electron chi connectivity index (χ0n) is 6.00. The second-order valence-corrected chi connectivity index (χ2v) is 2.05. The summed E-state index contributed by atoms with van der Waals surface area (Å²) in [6.07, 6.45) is -1.20. The van der Waals surface area contributed by atoms with Gasteiger partial charge < -0.3 is 10.2 Å². The lowest BCUT2D eigenvalue weighted by Crippen LogP contribution is -2.45. The molecule has 0 saturated carbocycles. The summed E-state index contributed by atoms with van der Waals surface area (Å²) in [4.78, 5) is 0. The molecule has 0 rings (SSSR count). The van der Waals surface area contributed by atoms with Crippen molar-refractivity contribution >= 4 is 0 Å². The summed E-state index contributed by atoms with van der Waals surface area (Å²) < 4.78 is 0. The van der Waals surface area contributed by atoms with E-state index in [1.54, 1.807) is 20.9 Å². The van der Waals surface area contributed by atoms with Crippen LogP contribution in [-0.2, 0) is 0 Å². The summed E-state index contributed by atoms with van der Waals surface area (Å²) in [5, 5.41) is 19.0. The molecule has 0 fully saturated rings. The van der Waals surface area contributed by atoms with Gasteiger partial charge in [-0.05, 0) is 13.8 Å². The predicted molar refractivity (Wildman–Crippen MR) is 34.3 cm³/mol. The maximum Gasteiger partial charge on any atom is 0.116 e. The van der Waals surface area contributed by atoms with Crippen LogP contribution in [0.5, 0.6) is 0 Å². The number of aliphatic hydroxyl groups excluding tert-OH is 2. The van der Waals surface area contributed by atoms with Crippen LogP contribution in [0.1, 0.15) is 13.8 Å². The topological polar surface area (TPSA) is 55.7 Å². The molecule has 0 aromatic rings. The van der Waals surface area contributed by atoms with E-state index in [-0.39, 0.29) is 0 Å². The zero-order valence-corrected chi connectivity index (χ0v) is 6.00. The van der Waals surface area contributed by atoms with Crippen molar-refractivity contribution in [2.75, 3.05) is 7.05 Å². The minimum atomic E-state index is -0.621. The van der Waals surface area contributed by atoms with Gasteiger partial charge in [-0.25, -0.2) is 10.4 Å². The second-order valence-electron chi connectivity index (χ2n) is 2.05. The Morgan fingerprint density at radius 1 is 1.33 bits per heavy atom. The van der Waals surface area contributed by atoms with Crippen molar-refractivity contribution < 1.29 is 10.2 Å². The standard InChI is InChI=1S/C5H14N2O2/c1-4(8)6-7(3)5(2)9/h4-6,8-9H,1-3H3. The highest BCUT2D eigenvalue weighted by atomic mass is 16.3. The smallest absolute Gasteiger partial charge is 0.116 e. The molecule has 0 radical (unpaired) electrons. The average molecular weight is 134 g/mol. The van der Waals surface area contributed by atoms with Crippen LogP contribution in [0.25, 0.3) is 0 Å². The molecule has 2 unspecified atom stereocenters. The molecule has 0 aromatic heterocycles. The van der Waals surface area contributed by atoms with Crippen molar-refractivity contribution in [3.63, 3.8) is 0 Å². The molecule has 2 atom stereocenters. The molecule has 0 aliphatic carbocycles. The summed E-state index contributed by atoms with van der Waals surface area (Å²) >= 11 is 0. The van der Waals surface area contributed by atoms with Crippen molar-refractivity contribution in [3.8, 4) is 0 Å². The summed E-state index contributed by atoms with van der Waals surface area (Å²) in [6, 6.07) is 0. The second kappa shape index (κ2) is 3.79. The van der Waals surface area contributed by atoms with E-state index in [2.05, 4.69) is 5.43 Å². The molecule has 0 heterocycles. The molecule has 0 aromatic carbocycles. The molecule has 0 amide bonds. The molecule has 9 heavy (non-hydrogen) atoms. The van der Waals surface area contributed by atoms with E-state index in [0.717, 1.165) is 0 Å². The minimum absolute atomic E-state index is 0.584. The van der Waals surface area contributed by atoms with Gasteiger partial charge in [0.15, 0.2) is 0 Å². The number of hydrogen-bond donors (Lipinski definition) is 3. The Morgan fingerprint density at radius 3 is 1.89 bits per heavy atom. The van der Waals surface area contributed by atoms with Crippen LogP contribution in [0.2, 0.25) is 0 Å².